The molecule has 0 aliphatic carbocycles. The van der Waals surface area contributed by atoms with Crippen molar-refractivity contribution in [3.8, 4) is 0 Å². The summed E-state index contributed by atoms with van der Waals surface area (Å²) >= 11 is 0. The van der Waals surface area contributed by atoms with E-state index in [4.69, 9.17) is 0 Å². The second kappa shape index (κ2) is 7.27. The van der Waals surface area contributed by atoms with E-state index in [2.05, 4.69) is 47.2 Å². The lowest BCUT2D eigenvalue weighted by Gasteiger charge is -2.37. The SMILES string of the molecule is Cc1cccc(N2CCN(C(=O)Nc3cccc4cnccc34)CC2)c1C. The van der Waals surface area contributed by atoms with Gasteiger partial charge in [0.2, 0.25) is 0 Å². The zero-order valence-corrected chi connectivity index (χ0v) is 15.8. The van der Waals surface area contributed by atoms with Gasteiger partial charge in [-0.1, -0.05) is 24.3 Å². The summed E-state index contributed by atoms with van der Waals surface area (Å²) in [6, 6.07) is 14.2. The summed E-state index contributed by atoms with van der Waals surface area (Å²) in [4.78, 5) is 21.2. The van der Waals surface area contributed by atoms with Crippen LogP contribution in [0.2, 0.25) is 0 Å². The highest BCUT2D eigenvalue weighted by Gasteiger charge is 2.22. The number of anilines is 2. The number of rotatable bonds is 2. The Labute approximate surface area is 159 Å². The van der Waals surface area contributed by atoms with Crippen LogP contribution in [0, 0.1) is 13.8 Å². The number of amides is 2. The Balaban J connectivity index is 1.43. The number of hydrogen-bond donors (Lipinski definition) is 1. The number of aromatic nitrogens is 1. The van der Waals surface area contributed by atoms with Gasteiger partial charge in [0.15, 0.2) is 0 Å². The van der Waals surface area contributed by atoms with Crippen LogP contribution >= 0.6 is 0 Å². The average Bonchev–Trinajstić information content (AvgIpc) is 2.70. The first-order valence-electron chi connectivity index (χ1n) is 9.33. The lowest BCUT2D eigenvalue weighted by Crippen LogP contribution is -2.50. The summed E-state index contributed by atoms with van der Waals surface area (Å²) in [5.41, 5.74) is 4.73. The molecule has 5 heteroatoms. The van der Waals surface area contributed by atoms with Crippen LogP contribution in [0.4, 0.5) is 16.2 Å². The van der Waals surface area contributed by atoms with Crippen LogP contribution in [-0.4, -0.2) is 42.1 Å². The maximum atomic E-state index is 12.8. The van der Waals surface area contributed by atoms with Crippen molar-refractivity contribution in [2.45, 2.75) is 13.8 Å². The first-order valence-corrected chi connectivity index (χ1v) is 9.33. The first kappa shape index (κ1) is 17.3. The van der Waals surface area contributed by atoms with Gasteiger partial charge in [0, 0.05) is 55.0 Å². The fourth-order valence-electron chi connectivity index (χ4n) is 3.65. The maximum absolute atomic E-state index is 12.8. The van der Waals surface area contributed by atoms with Gasteiger partial charge < -0.3 is 15.1 Å². The molecule has 1 aliphatic heterocycles. The summed E-state index contributed by atoms with van der Waals surface area (Å²) in [5.74, 6) is 0. The highest BCUT2D eigenvalue weighted by Crippen LogP contribution is 2.25. The monoisotopic (exact) mass is 360 g/mol. The van der Waals surface area contributed by atoms with Crippen molar-refractivity contribution in [2.75, 3.05) is 36.4 Å². The molecule has 0 radical (unpaired) electrons. The molecule has 2 amide bonds. The number of nitrogens with one attached hydrogen (secondary N) is 1. The molecule has 5 nitrogen and oxygen atoms in total. The molecule has 1 fully saturated rings. The van der Waals surface area contributed by atoms with Gasteiger partial charge in [-0.3, -0.25) is 4.98 Å². The fourth-order valence-corrected chi connectivity index (χ4v) is 3.65. The molecule has 0 atom stereocenters. The van der Waals surface area contributed by atoms with Crippen molar-refractivity contribution < 1.29 is 4.79 Å². The normalized spacial score (nSPS) is 14.4. The predicted molar refractivity (Wildman–Crippen MR) is 110 cm³/mol. The van der Waals surface area contributed by atoms with Crippen LogP contribution in [0.1, 0.15) is 11.1 Å². The highest BCUT2D eigenvalue weighted by molar-refractivity contribution is 6.01. The molecule has 0 spiro atoms. The van der Waals surface area contributed by atoms with Gasteiger partial charge in [0.1, 0.15) is 0 Å². The fraction of sp³-hybridized carbons (Fsp3) is 0.273. The maximum Gasteiger partial charge on any atom is 0.321 e. The molecule has 0 unspecified atom stereocenters. The Kier molecular flexibility index (Phi) is 4.67. The number of aryl methyl sites for hydroxylation is 1. The van der Waals surface area contributed by atoms with Crippen LogP contribution in [0.5, 0.6) is 0 Å². The van der Waals surface area contributed by atoms with E-state index in [1.807, 2.05) is 35.4 Å². The molecule has 138 valence electrons. The van der Waals surface area contributed by atoms with Crippen molar-refractivity contribution in [1.82, 2.24) is 9.88 Å². The Bertz CT molecular complexity index is 972. The zero-order valence-electron chi connectivity index (χ0n) is 15.8. The summed E-state index contributed by atoms with van der Waals surface area (Å²) in [7, 11) is 0. The van der Waals surface area contributed by atoms with Gasteiger partial charge in [0.05, 0.1) is 5.69 Å². The molecule has 2 aromatic carbocycles. The first-order chi connectivity index (χ1) is 13.1. The van der Waals surface area contributed by atoms with E-state index in [-0.39, 0.29) is 6.03 Å². The minimum Gasteiger partial charge on any atom is -0.368 e. The van der Waals surface area contributed by atoms with Crippen molar-refractivity contribution in [1.29, 1.82) is 0 Å². The van der Waals surface area contributed by atoms with Crippen molar-refractivity contribution in [2.24, 2.45) is 0 Å². The third kappa shape index (κ3) is 3.45. The minimum atomic E-state index is -0.0417. The number of carbonyl (C=O) groups excluding carboxylic acids is 1. The number of nitrogens with zero attached hydrogens (tertiary/aromatic N) is 3. The minimum absolute atomic E-state index is 0.0417. The zero-order chi connectivity index (χ0) is 18.8. The van der Waals surface area contributed by atoms with E-state index < -0.39 is 0 Å². The molecule has 2 heterocycles. The summed E-state index contributed by atoms with van der Waals surface area (Å²) < 4.78 is 0. The van der Waals surface area contributed by atoms with Gasteiger partial charge >= 0.3 is 6.03 Å². The number of piperazine rings is 1. The quantitative estimate of drug-likeness (QED) is 0.745. The Morgan fingerprint density at radius 1 is 1.00 bits per heavy atom. The Morgan fingerprint density at radius 2 is 1.78 bits per heavy atom. The summed E-state index contributed by atoms with van der Waals surface area (Å²) in [6.07, 6.45) is 3.56. The van der Waals surface area contributed by atoms with E-state index in [1.165, 1.54) is 16.8 Å². The second-order valence-electron chi connectivity index (χ2n) is 7.03. The standard InChI is InChI=1S/C22H24N4O/c1-16-5-3-8-21(17(16)2)25-11-13-26(14-12-25)22(27)24-20-7-4-6-18-15-23-10-9-19(18)20/h3-10,15H,11-14H2,1-2H3,(H,24,27). The number of benzene rings is 2. The molecular formula is C22H24N4O. The van der Waals surface area contributed by atoms with Crippen LogP contribution < -0.4 is 10.2 Å². The molecule has 0 bridgehead atoms. The molecule has 1 saturated heterocycles. The predicted octanol–water partition coefficient (Wildman–Crippen LogP) is 4.21. The largest absolute Gasteiger partial charge is 0.368 e. The molecule has 4 rings (SSSR count). The molecule has 1 N–H and O–H groups in total. The number of hydrogen-bond acceptors (Lipinski definition) is 3. The van der Waals surface area contributed by atoms with Gasteiger partial charge in [-0.15, -0.1) is 0 Å². The number of carbonyl (C=O) groups is 1. The summed E-state index contributed by atoms with van der Waals surface area (Å²) in [5, 5.41) is 5.10. The second-order valence-corrected chi connectivity index (χ2v) is 7.03. The number of urea groups is 1. The third-order valence-electron chi connectivity index (χ3n) is 5.41. The molecule has 3 aromatic rings. The van der Waals surface area contributed by atoms with Crippen LogP contribution in [-0.2, 0) is 0 Å². The van der Waals surface area contributed by atoms with E-state index in [1.54, 1.807) is 6.20 Å². The molecular weight excluding hydrogens is 336 g/mol. The average molecular weight is 360 g/mol. The number of pyridine rings is 1. The topological polar surface area (TPSA) is 48.5 Å². The molecule has 0 saturated carbocycles. The molecule has 1 aromatic heterocycles. The van der Waals surface area contributed by atoms with Gasteiger partial charge in [-0.2, -0.15) is 0 Å². The van der Waals surface area contributed by atoms with Crippen LogP contribution in [0.15, 0.2) is 54.9 Å². The smallest absolute Gasteiger partial charge is 0.321 e. The van der Waals surface area contributed by atoms with Crippen molar-refractivity contribution >= 4 is 28.2 Å². The molecule has 27 heavy (non-hydrogen) atoms. The Morgan fingerprint density at radius 3 is 2.59 bits per heavy atom. The van der Waals surface area contributed by atoms with Crippen LogP contribution in [0.3, 0.4) is 0 Å². The third-order valence-corrected chi connectivity index (χ3v) is 5.41. The number of fused-ring (bicyclic) bond motifs is 1. The van der Waals surface area contributed by atoms with Gasteiger partial charge in [-0.05, 0) is 43.2 Å². The van der Waals surface area contributed by atoms with E-state index in [0.717, 1.165) is 29.5 Å². The van der Waals surface area contributed by atoms with Crippen molar-refractivity contribution in [3.05, 3.63) is 66.0 Å². The van der Waals surface area contributed by atoms with Gasteiger partial charge in [-0.25, -0.2) is 4.79 Å². The van der Waals surface area contributed by atoms with Gasteiger partial charge in [0.25, 0.3) is 0 Å². The van der Waals surface area contributed by atoms with Crippen molar-refractivity contribution in [3.63, 3.8) is 0 Å². The van der Waals surface area contributed by atoms with Crippen LogP contribution in [0.25, 0.3) is 10.8 Å². The van der Waals surface area contributed by atoms with E-state index in [0.29, 0.717) is 13.1 Å². The van der Waals surface area contributed by atoms with E-state index >= 15 is 0 Å². The lowest BCUT2D eigenvalue weighted by molar-refractivity contribution is 0.208. The summed E-state index contributed by atoms with van der Waals surface area (Å²) in [6.45, 7) is 7.42. The van der Waals surface area contributed by atoms with E-state index in [9.17, 15) is 4.79 Å². The molecule has 1 aliphatic rings. The highest BCUT2D eigenvalue weighted by atomic mass is 16.2. The Hall–Kier alpha value is -3.08. The lowest BCUT2D eigenvalue weighted by atomic mass is 10.1.